The van der Waals surface area contributed by atoms with Crippen LogP contribution >= 0.6 is 0 Å². The molecule has 2 aliphatic rings. The van der Waals surface area contributed by atoms with Gasteiger partial charge in [-0.05, 0) is 37.0 Å². The van der Waals surface area contributed by atoms with Crippen LogP contribution in [0.3, 0.4) is 0 Å². The third-order valence-corrected chi connectivity index (χ3v) is 3.86. The first-order valence-corrected chi connectivity index (χ1v) is 5.47. The normalized spacial score (nSPS) is 35.3. The molecule has 3 atom stereocenters. The number of anilines is 1. The molecule has 2 N–H and O–H groups in total. The van der Waals surface area contributed by atoms with Crippen molar-refractivity contribution in [3.05, 3.63) is 6.20 Å². The van der Waals surface area contributed by atoms with Crippen molar-refractivity contribution in [2.75, 3.05) is 5.73 Å². The van der Waals surface area contributed by atoms with Crippen LogP contribution in [0.25, 0.3) is 0 Å². The van der Waals surface area contributed by atoms with Crippen LogP contribution in [0.4, 0.5) is 5.82 Å². The molecule has 0 aromatic carbocycles. The molecule has 0 radical (unpaired) electrons. The fraction of sp³-hybridized carbons (Fsp3) is 0.800. The Kier molecular flexibility index (Phi) is 1.75. The number of rotatable bonds is 2. The smallest absolute Gasteiger partial charge is 0.165 e. The molecule has 0 spiro atoms. The lowest BCUT2D eigenvalue weighted by molar-refractivity contribution is 0.283. The van der Waals surface area contributed by atoms with E-state index in [1.54, 1.807) is 0 Å². The lowest BCUT2D eigenvalue weighted by Crippen LogP contribution is -2.17. The zero-order valence-corrected chi connectivity index (χ0v) is 8.26. The summed E-state index contributed by atoms with van der Waals surface area (Å²) in [6, 6.07) is 0. The Bertz CT molecular complexity index is 333. The van der Waals surface area contributed by atoms with Crippen molar-refractivity contribution in [1.29, 1.82) is 0 Å². The summed E-state index contributed by atoms with van der Waals surface area (Å²) in [5.41, 5.74) is 5.53. The first kappa shape index (κ1) is 8.26. The molecule has 2 aliphatic carbocycles. The fourth-order valence-corrected chi connectivity index (χ4v) is 3.24. The second-order valence-electron chi connectivity index (χ2n) is 4.80. The van der Waals surface area contributed by atoms with Gasteiger partial charge in [0.25, 0.3) is 0 Å². The molecule has 76 valence electrons. The number of nitrogens with zero attached hydrogens (tertiary/aromatic N) is 3. The Balaban J connectivity index is 1.68. The topological polar surface area (TPSA) is 56.7 Å². The minimum atomic E-state index is 0.535. The Morgan fingerprint density at radius 1 is 1.43 bits per heavy atom. The van der Waals surface area contributed by atoms with E-state index in [0.717, 1.165) is 24.3 Å². The first-order valence-electron chi connectivity index (χ1n) is 5.47. The molecule has 1 aromatic heterocycles. The van der Waals surface area contributed by atoms with Crippen molar-refractivity contribution in [1.82, 2.24) is 15.0 Å². The van der Waals surface area contributed by atoms with Gasteiger partial charge in [0, 0.05) is 6.54 Å². The second-order valence-corrected chi connectivity index (χ2v) is 4.80. The highest BCUT2D eigenvalue weighted by Crippen LogP contribution is 2.48. The molecule has 0 saturated heterocycles. The molecule has 4 nitrogen and oxygen atoms in total. The van der Waals surface area contributed by atoms with Gasteiger partial charge in [-0.25, -0.2) is 0 Å². The maximum Gasteiger partial charge on any atom is 0.165 e. The number of nitrogen functional groups attached to an aromatic ring is 1. The molecule has 1 heterocycles. The van der Waals surface area contributed by atoms with Gasteiger partial charge in [-0.15, -0.1) is 5.10 Å². The molecule has 2 fully saturated rings. The summed E-state index contributed by atoms with van der Waals surface area (Å²) < 4.78 is 1.90. The highest BCUT2D eigenvalue weighted by atomic mass is 15.4. The summed E-state index contributed by atoms with van der Waals surface area (Å²) in [6.45, 7) is 1.02. The van der Waals surface area contributed by atoms with Crippen LogP contribution in [0.2, 0.25) is 0 Å². The number of fused-ring (bicyclic) bond motifs is 2. The standard InChI is InChI=1S/C10H16N4/c11-10-6-14(13-12-10)5-9-4-7-1-2-8(9)3-7/h6-9H,1-5,11H2. The third kappa shape index (κ3) is 1.29. The van der Waals surface area contributed by atoms with Gasteiger partial charge < -0.3 is 5.73 Å². The molecule has 3 rings (SSSR count). The highest BCUT2D eigenvalue weighted by Gasteiger charge is 2.39. The van der Waals surface area contributed by atoms with E-state index in [9.17, 15) is 0 Å². The highest BCUT2D eigenvalue weighted by molar-refractivity contribution is 5.19. The second kappa shape index (κ2) is 2.97. The van der Waals surface area contributed by atoms with Gasteiger partial charge in [-0.1, -0.05) is 11.6 Å². The molecule has 0 aliphatic heterocycles. The predicted molar refractivity (Wildman–Crippen MR) is 53.4 cm³/mol. The lowest BCUT2D eigenvalue weighted by Gasteiger charge is -2.20. The van der Waals surface area contributed by atoms with Crippen LogP contribution in [0.5, 0.6) is 0 Å². The molecular weight excluding hydrogens is 176 g/mol. The van der Waals surface area contributed by atoms with Crippen molar-refractivity contribution in [3.63, 3.8) is 0 Å². The minimum absolute atomic E-state index is 0.535. The Hall–Kier alpha value is -1.06. The minimum Gasteiger partial charge on any atom is -0.381 e. The largest absolute Gasteiger partial charge is 0.381 e. The molecule has 0 amide bonds. The van der Waals surface area contributed by atoms with Gasteiger partial charge in [0.1, 0.15) is 0 Å². The van der Waals surface area contributed by atoms with Crippen LogP contribution in [0, 0.1) is 17.8 Å². The average Bonchev–Trinajstić information content (AvgIpc) is 2.82. The summed E-state index contributed by atoms with van der Waals surface area (Å²) in [5.74, 6) is 3.32. The maximum atomic E-state index is 5.53. The van der Waals surface area contributed by atoms with Crippen LogP contribution in [-0.4, -0.2) is 15.0 Å². The van der Waals surface area contributed by atoms with Gasteiger partial charge in [0.05, 0.1) is 6.20 Å². The predicted octanol–water partition coefficient (Wildman–Crippen LogP) is 1.30. The molecule has 3 unspecified atom stereocenters. The van der Waals surface area contributed by atoms with E-state index in [1.807, 2.05) is 10.9 Å². The van der Waals surface area contributed by atoms with Crippen molar-refractivity contribution in [3.8, 4) is 0 Å². The van der Waals surface area contributed by atoms with Gasteiger partial charge in [0.2, 0.25) is 0 Å². The van der Waals surface area contributed by atoms with E-state index in [-0.39, 0.29) is 0 Å². The Morgan fingerprint density at radius 3 is 2.93 bits per heavy atom. The van der Waals surface area contributed by atoms with E-state index >= 15 is 0 Å². The summed E-state index contributed by atoms with van der Waals surface area (Å²) in [6.07, 6.45) is 7.57. The number of hydrogen-bond donors (Lipinski definition) is 1. The van der Waals surface area contributed by atoms with E-state index in [4.69, 9.17) is 5.73 Å². The number of aromatic nitrogens is 3. The van der Waals surface area contributed by atoms with Crippen LogP contribution in [-0.2, 0) is 6.54 Å². The van der Waals surface area contributed by atoms with Gasteiger partial charge >= 0.3 is 0 Å². The van der Waals surface area contributed by atoms with E-state index < -0.39 is 0 Å². The van der Waals surface area contributed by atoms with Crippen LogP contribution in [0.1, 0.15) is 25.7 Å². The fourth-order valence-electron chi connectivity index (χ4n) is 3.24. The monoisotopic (exact) mass is 192 g/mol. The van der Waals surface area contributed by atoms with Crippen molar-refractivity contribution < 1.29 is 0 Å². The van der Waals surface area contributed by atoms with Gasteiger partial charge in [-0.2, -0.15) is 0 Å². The summed E-state index contributed by atoms with van der Waals surface area (Å²) in [7, 11) is 0. The van der Waals surface area contributed by atoms with Crippen LogP contribution in [0.15, 0.2) is 6.20 Å². The summed E-state index contributed by atoms with van der Waals surface area (Å²) in [4.78, 5) is 0. The molecule has 2 saturated carbocycles. The number of hydrogen-bond acceptors (Lipinski definition) is 3. The van der Waals surface area contributed by atoms with E-state index in [1.165, 1.54) is 25.7 Å². The molecule has 14 heavy (non-hydrogen) atoms. The molecular formula is C10H16N4. The first-order chi connectivity index (χ1) is 6.81. The molecule has 2 bridgehead atoms. The summed E-state index contributed by atoms with van der Waals surface area (Å²) >= 11 is 0. The lowest BCUT2D eigenvalue weighted by atomic mass is 9.89. The van der Waals surface area contributed by atoms with Crippen molar-refractivity contribution in [2.45, 2.75) is 32.2 Å². The summed E-state index contributed by atoms with van der Waals surface area (Å²) in [5, 5.41) is 7.82. The van der Waals surface area contributed by atoms with Crippen molar-refractivity contribution in [2.24, 2.45) is 17.8 Å². The number of nitrogens with two attached hydrogens (primary N) is 1. The zero-order chi connectivity index (χ0) is 9.54. The zero-order valence-electron chi connectivity index (χ0n) is 8.26. The Labute approximate surface area is 83.5 Å². The average molecular weight is 192 g/mol. The third-order valence-electron chi connectivity index (χ3n) is 3.86. The quantitative estimate of drug-likeness (QED) is 0.768. The Morgan fingerprint density at radius 2 is 2.36 bits per heavy atom. The SMILES string of the molecule is Nc1cn(CC2CC3CCC2C3)nn1. The van der Waals surface area contributed by atoms with Gasteiger partial charge in [0.15, 0.2) is 5.82 Å². The molecule has 4 heteroatoms. The van der Waals surface area contributed by atoms with E-state index in [0.29, 0.717) is 5.82 Å². The maximum absolute atomic E-state index is 5.53. The van der Waals surface area contributed by atoms with Crippen molar-refractivity contribution >= 4 is 5.82 Å². The van der Waals surface area contributed by atoms with E-state index in [2.05, 4.69) is 10.3 Å². The van der Waals surface area contributed by atoms with Gasteiger partial charge in [-0.3, -0.25) is 4.68 Å². The van der Waals surface area contributed by atoms with Crippen LogP contribution < -0.4 is 5.73 Å². The molecule has 1 aromatic rings.